The van der Waals surface area contributed by atoms with Crippen molar-refractivity contribution in [2.75, 3.05) is 6.54 Å². The van der Waals surface area contributed by atoms with Crippen LogP contribution >= 0.6 is 11.3 Å². The van der Waals surface area contributed by atoms with Gasteiger partial charge in [-0.3, -0.25) is 14.6 Å². The highest BCUT2D eigenvalue weighted by molar-refractivity contribution is 7.13. The number of rotatable bonds is 2. The Balaban J connectivity index is 1.47. The number of hydrogen-bond donors (Lipinski definition) is 0. The Morgan fingerprint density at radius 1 is 1.17 bits per heavy atom. The lowest BCUT2D eigenvalue weighted by Gasteiger charge is -2.46. The van der Waals surface area contributed by atoms with E-state index in [9.17, 15) is 9.59 Å². The zero-order valence-electron chi connectivity index (χ0n) is 17.8. The summed E-state index contributed by atoms with van der Waals surface area (Å²) in [5.41, 5.74) is 4.25. The number of piperidine rings is 1. The van der Waals surface area contributed by atoms with Gasteiger partial charge in [0.2, 0.25) is 5.91 Å². The molecular weight excluding hydrogens is 396 g/mol. The maximum Gasteiger partial charge on any atom is 0.256 e. The van der Waals surface area contributed by atoms with Gasteiger partial charge in [0.1, 0.15) is 0 Å². The summed E-state index contributed by atoms with van der Waals surface area (Å²) in [4.78, 5) is 40.1. The normalized spacial score (nSPS) is 30.3. The third-order valence-electron chi connectivity index (χ3n) is 7.54. The summed E-state index contributed by atoms with van der Waals surface area (Å²) in [6.07, 6.45) is 7.00. The molecule has 2 amide bonds. The van der Waals surface area contributed by atoms with Crippen molar-refractivity contribution in [3.05, 3.63) is 35.1 Å². The van der Waals surface area contributed by atoms with Crippen LogP contribution in [-0.2, 0) is 4.79 Å². The van der Waals surface area contributed by atoms with Gasteiger partial charge in [-0.05, 0) is 38.3 Å². The van der Waals surface area contributed by atoms with Crippen LogP contribution in [0.15, 0.2) is 23.8 Å². The molecular formula is C23H28N4O2S. The zero-order chi connectivity index (χ0) is 21.0. The Morgan fingerprint density at radius 3 is 2.57 bits per heavy atom. The molecule has 6 nitrogen and oxygen atoms in total. The highest BCUT2D eigenvalue weighted by Gasteiger charge is 2.60. The van der Waals surface area contributed by atoms with E-state index in [0.29, 0.717) is 12.1 Å². The molecule has 2 aromatic heterocycles. The van der Waals surface area contributed by atoms with Crippen LogP contribution in [-0.4, -0.2) is 56.3 Å². The van der Waals surface area contributed by atoms with Gasteiger partial charge in [-0.25, -0.2) is 4.98 Å². The predicted octanol–water partition coefficient (Wildman–Crippen LogP) is 3.91. The van der Waals surface area contributed by atoms with Crippen molar-refractivity contribution in [2.45, 2.75) is 71.0 Å². The maximum atomic E-state index is 13.7. The molecule has 158 valence electrons. The molecule has 5 rings (SSSR count). The third-order valence-corrected chi connectivity index (χ3v) is 8.49. The third kappa shape index (κ3) is 2.89. The summed E-state index contributed by atoms with van der Waals surface area (Å²) < 4.78 is 0. The van der Waals surface area contributed by atoms with Gasteiger partial charge < -0.3 is 9.80 Å². The first kappa shape index (κ1) is 19.7. The Labute approximate surface area is 181 Å². The number of pyridine rings is 1. The van der Waals surface area contributed by atoms with Gasteiger partial charge in [-0.2, -0.15) is 0 Å². The second-order valence-corrected chi connectivity index (χ2v) is 10.1. The molecule has 1 saturated carbocycles. The molecule has 2 bridgehead atoms. The zero-order valence-corrected chi connectivity index (χ0v) is 18.6. The number of likely N-dealkylation sites (tertiary alicyclic amines) is 2. The largest absolute Gasteiger partial charge is 0.337 e. The molecule has 2 aromatic rings. The molecule has 4 atom stereocenters. The average Bonchev–Trinajstić information content (AvgIpc) is 3.20. The quantitative estimate of drug-likeness (QED) is 0.733. The van der Waals surface area contributed by atoms with E-state index in [1.807, 2.05) is 29.5 Å². The molecule has 2 aliphatic heterocycles. The Kier molecular flexibility index (Phi) is 4.69. The van der Waals surface area contributed by atoms with Gasteiger partial charge in [0, 0.05) is 37.2 Å². The van der Waals surface area contributed by atoms with E-state index in [2.05, 4.69) is 21.8 Å². The van der Waals surface area contributed by atoms with Crippen LogP contribution in [0.2, 0.25) is 0 Å². The number of aryl methyl sites for hydroxylation is 1. The van der Waals surface area contributed by atoms with Crippen LogP contribution < -0.4 is 0 Å². The molecule has 30 heavy (non-hydrogen) atoms. The molecule has 0 radical (unpaired) electrons. The Bertz CT molecular complexity index is 987. The van der Waals surface area contributed by atoms with E-state index < -0.39 is 0 Å². The molecule has 3 aliphatic rings. The standard InChI is InChI=1S/C23H28N4O2S/c1-14-21(30-13-25-14)18-9-8-16(11-24-18)22(29)27-17-10-23(3)19(26(12-17)15(2)28)6-4-5-7-20(23)27/h8-9,11,13,17,19-20H,4-7,10,12H2,1-3H3/t17-,19+,20-,23+/m0/s1. The minimum absolute atomic E-state index is 0.0200. The SMILES string of the molecule is CC(=O)N1C[C@@H]2C[C@@]3(C)[C@H](CCCC[C@@H]13)N2C(=O)c1ccc(-c2scnc2C)nc1. The van der Waals surface area contributed by atoms with E-state index in [0.717, 1.165) is 48.4 Å². The summed E-state index contributed by atoms with van der Waals surface area (Å²) in [7, 11) is 0. The molecule has 7 heteroatoms. The fourth-order valence-corrected chi connectivity index (χ4v) is 6.95. The van der Waals surface area contributed by atoms with Crippen molar-refractivity contribution in [1.82, 2.24) is 19.8 Å². The summed E-state index contributed by atoms with van der Waals surface area (Å²) in [6, 6.07) is 4.34. The van der Waals surface area contributed by atoms with Crippen LogP contribution in [0.4, 0.5) is 0 Å². The van der Waals surface area contributed by atoms with Gasteiger partial charge >= 0.3 is 0 Å². The first-order valence-electron chi connectivity index (χ1n) is 10.9. The molecule has 1 aliphatic carbocycles. The monoisotopic (exact) mass is 424 g/mol. The fraction of sp³-hybridized carbons (Fsp3) is 0.565. The predicted molar refractivity (Wildman–Crippen MR) is 116 cm³/mol. The molecule has 0 unspecified atom stereocenters. The van der Waals surface area contributed by atoms with E-state index >= 15 is 0 Å². The van der Waals surface area contributed by atoms with Gasteiger partial charge in [0.15, 0.2) is 0 Å². The van der Waals surface area contributed by atoms with Crippen LogP contribution in [0, 0.1) is 12.3 Å². The Hall–Kier alpha value is -2.28. The Morgan fingerprint density at radius 2 is 1.93 bits per heavy atom. The van der Waals surface area contributed by atoms with Gasteiger partial charge in [0.25, 0.3) is 5.91 Å². The topological polar surface area (TPSA) is 66.4 Å². The number of aromatic nitrogens is 2. The number of thiazole rings is 1. The van der Waals surface area contributed by atoms with Crippen LogP contribution in [0.3, 0.4) is 0 Å². The number of amides is 2. The molecule has 0 aromatic carbocycles. The van der Waals surface area contributed by atoms with Crippen molar-refractivity contribution >= 4 is 23.2 Å². The lowest BCUT2D eigenvalue weighted by molar-refractivity contribution is -0.136. The summed E-state index contributed by atoms with van der Waals surface area (Å²) in [6.45, 7) is 6.60. The minimum Gasteiger partial charge on any atom is -0.337 e. The fourth-order valence-electron chi connectivity index (χ4n) is 6.17. The van der Waals surface area contributed by atoms with Crippen molar-refractivity contribution in [3.8, 4) is 10.6 Å². The molecule has 0 N–H and O–H groups in total. The smallest absolute Gasteiger partial charge is 0.256 e. The second-order valence-electron chi connectivity index (χ2n) is 9.26. The highest BCUT2D eigenvalue weighted by atomic mass is 32.1. The molecule has 0 spiro atoms. The van der Waals surface area contributed by atoms with Gasteiger partial charge in [-0.15, -0.1) is 11.3 Å². The van der Waals surface area contributed by atoms with Crippen LogP contribution in [0.1, 0.15) is 62.0 Å². The lowest BCUT2D eigenvalue weighted by Crippen LogP contribution is -2.55. The van der Waals surface area contributed by atoms with E-state index in [4.69, 9.17) is 0 Å². The summed E-state index contributed by atoms with van der Waals surface area (Å²) >= 11 is 1.56. The number of carbonyl (C=O) groups excluding carboxylic acids is 2. The second kappa shape index (κ2) is 7.15. The first-order chi connectivity index (χ1) is 14.4. The van der Waals surface area contributed by atoms with Crippen molar-refractivity contribution < 1.29 is 9.59 Å². The average molecular weight is 425 g/mol. The van der Waals surface area contributed by atoms with Crippen molar-refractivity contribution in [1.29, 1.82) is 0 Å². The lowest BCUT2D eigenvalue weighted by atomic mass is 9.71. The maximum absolute atomic E-state index is 13.7. The van der Waals surface area contributed by atoms with E-state index in [-0.39, 0.29) is 35.4 Å². The van der Waals surface area contributed by atoms with Crippen molar-refractivity contribution in [2.24, 2.45) is 5.41 Å². The number of hydrogen-bond acceptors (Lipinski definition) is 5. The van der Waals surface area contributed by atoms with Crippen LogP contribution in [0.5, 0.6) is 0 Å². The highest BCUT2D eigenvalue weighted by Crippen LogP contribution is 2.53. The summed E-state index contributed by atoms with van der Waals surface area (Å²) in [5.74, 6) is 0.191. The first-order valence-corrected chi connectivity index (χ1v) is 11.7. The van der Waals surface area contributed by atoms with Gasteiger partial charge in [0.05, 0.1) is 33.4 Å². The molecule has 2 saturated heterocycles. The molecule has 4 heterocycles. The number of fused-ring (bicyclic) bond motifs is 1. The minimum atomic E-state index is -0.0200. The number of carbonyl (C=O) groups is 2. The van der Waals surface area contributed by atoms with Gasteiger partial charge in [-0.1, -0.05) is 19.8 Å². The number of nitrogens with zero attached hydrogens (tertiary/aromatic N) is 4. The van der Waals surface area contributed by atoms with E-state index in [1.54, 1.807) is 24.5 Å². The summed E-state index contributed by atoms with van der Waals surface area (Å²) in [5, 5.41) is 0. The van der Waals surface area contributed by atoms with Crippen LogP contribution in [0.25, 0.3) is 10.6 Å². The molecule has 3 fully saturated rings. The van der Waals surface area contributed by atoms with E-state index in [1.165, 1.54) is 0 Å². The van der Waals surface area contributed by atoms with Crippen molar-refractivity contribution in [3.63, 3.8) is 0 Å².